The van der Waals surface area contributed by atoms with E-state index in [4.69, 9.17) is 4.55 Å². The van der Waals surface area contributed by atoms with Crippen molar-refractivity contribution in [3.63, 3.8) is 0 Å². The van der Waals surface area contributed by atoms with Gasteiger partial charge in [0.25, 0.3) is 20.2 Å². The van der Waals surface area contributed by atoms with Crippen LogP contribution in [0.5, 0.6) is 5.75 Å². The molecule has 3 aromatic rings. The van der Waals surface area contributed by atoms with Crippen molar-refractivity contribution in [2.45, 2.75) is 9.79 Å². The molecule has 0 heterocycles. The fourth-order valence-electron chi connectivity index (χ4n) is 2.54. The van der Waals surface area contributed by atoms with E-state index in [0.717, 1.165) is 18.2 Å². The Morgan fingerprint density at radius 1 is 0.696 bits per heavy atom. The third-order valence-electron chi connectivity index (χ3n) is 3.48. The molecule has 3 N–H and O–H groups in total. The van der Waals surface area contributed by atoms with Crippen LogP contribution in [-0.4, -0.2) is 31.0 Å². The highest BCUT2D eigenvalue weighted by Gasteiger charge is 2.24. The predicted molar refractivity (Wildman–Crippen MR) is 82.7 cm³/mol. The van der Waals surface area contributed by atoms with Crippen molar-refractivity contribution in [3.8, 4) is 5.75 Å². The van der Waals surface area contributed by atoms with Crippen LogP contribution in [0.4, 0.5) is 0 Å². The van der Waals surface area contributed by atoms with Crippen molar-refractivity contribution in [1.29, 1.82) is 0 Å². The molecule has 3 rings (SSSR count). The van der Waals surface area contributed by atoms with Gasteiger partial charge >= 0.3 is 0 Å². The van der Waals surface area contributed by atoms with Crippen molar-refractivity contribution in [2.24, 2.45) is 0 Å². The van der Waals surface area contributed by atoms with Gasteiger partial charge in [-0.3, -0.25) is 9.11 Å². The van der Waals surface area contributed by atoms with Crippen molar-refractivity contribution in [1.82, 2.24) is 0 Å². The molecule has 120 valence electrons. The van der Waals surface area contributed by atoms with Crippen LogP contribution < -0.4 is 0 Å². The zero-order chi connectivity index (χ0) is 17.0. The number of hydrogen-bond acceptors (Lipinski definition) is 5. The molecule has 0 unspecified atom stereocenters. The number of hydrogen-bond donors (Lipinski definition) is 3. The normalized spacial score (nSPS) is 12.8. The maximum atomic E-state index is 11.6. The Hall–Kier alpha value is -2.20. The molecule has 9 heteroatoms. The van der Waals surface area contributed by atoms with Gasteiger partial charge in [0.1, 0.15) is 10.6 Å². The van der Waals surface area contributed by atoms with Crippen LogP contribution in [-0.2, 0) is 20.2 Å². The summed E-state index contributed by atoms with van der Waals surface area (Å²) in [7, 11) is -9.26. The number of phenols is 1. The molecule has 0 bridgehead atoms. The zero-order valence-corrected chi connectivity index (χ0v) is 13.0. The third-order valence-corrected chi connectivity index (χ3v) is 5.26. The lowest BCUT2D eigenvalue weighted by atomic mass is 10.0. The first-order chi connectivity index (χ1) is 10.6. The first-order valence-electron chi connectivity index (χ1n) is 6.23. The van der Waals surface area contributed by atoms with Crippen LogP contribution in [0, 0.1) is 0 Å². The molecule has 0 aliphatic carbocycles. The van der Waals surface area contributed by atoms with E-state index in [9.17, 15) is 26.5 Å². The molecule has 0 aliphatic heterocycles. The minimum absolute atomic E-state index is 0.0592. The second-order valence-corrected chi connectivity index (χ2v) is 7.66. The van der Waals surface area contributed by atoms with Gasteiger partial charge in [0.2, 0.25) is 0 Å². The minimum atomic E-state index is -4.76. The Bertz CT molecular complexity index is 1160. The second kappa shape index (κ2) is 4.90. The van der Waals surface area contributed by atoms with Gasteiger partial charge in [0.05, 0.1) is 4.90 Å². The molecule has 0 spiro atoms. The Balaban J connectivity index is 2.66. The van der Waals surface area contributed by atoms with E-state index in [1.807, 2.05) is 0 Å². The molecule has 23 heavy (non-hydrogen) atoms. The highest BCUT2D eigenvalue weighted by atomic mass is 32.2. The standard InChI is InChI=1S/C14H10O7S2/c15-13-10-4-2-1-3-9(10)12-7-8(22(16,17)18)5-6-11(12)14(13)23(19,20)21/h1-7,15H,(H,16,17,18)(H,19,20,21). The molecule has 7 nitrogen and oxygen atoms in total. The maximum absolute atomic E-state index is 11.6. The van der Waals surface area contributed by atoms with Gasteiger partial charge in [0, 0.05) is 10.8 Å². The molecular weight excluding hydrogens is 344 g/mol. The molecule has 0 radical (unpaired) electrons. The first kappa shape index (κ1) is 15.7. The van der Waals surface area contributed by atoms with Crippen LogP contribution in [0.25, 0.3) is 21.5 Å². The molecule has 0 saturated carbocycles. The summed E-state index contributed by atoms with van der Waals surface area (Å²) in [4.78, 5) is -1.14. The minimum Gasteiger partial charge on any atom is -0.506 e. The van der Waals surface area contributed by atoms with Crippen LogP contribution in [0.2, 0.25) is 0 Å². The molecule has 0 amide bonds. The summed E-state index contributed by atoms with van der Waals surface area (Å²) in [5.74, 6) is -0.629. The summed E-state index contributed by atoms with van der Waals surface area (Å²) < 4.78 is 64.4. The number of rotatable bonds is 2. The monoisotopic (exact) mass is 354 g/mol. The lowest BCUT2D eigenvalue weighted by Gasteiger charge is -2.12. The molecule has 0 aromatic heterocycles. The quantitative estimate of drug-likeness (QED) is 0.475. The summed E-state index contributed by atoms with van der Waals surface area (Å²) >= 11 is 0. The summed E-state index contributed by atoms with van der Waals surface area (Å²) in [6.45, 7) is 0. The summed E-state index contributed by atoms with van der Waals surface area (Å²) in [5, 5.41) is 10.8. The Morgan fingerprint density at radius 3 is 1.87 bits per heavy atom. The lowest BCUT2D eigenvalue weighted by molar-refractivity contribution is 0.450. The Kier molecular flexibility index (Phi) is 3.34. The molecule has 0 atom stereocenters. The van der Waals surface area contributed by atoms with Crippen molar-refractivity contribution < 1.29 is 31.0 Å². The topological polar surface area (TPSA) is 129 Å². The average Bonchev–Trinajstić information content (AvgIpc) is 2.45. The summed E-state index contributed by atoms with van der Waals surface area (Å²) in [6.07, 6.45) is 0. The molecule has 0 aliphatic rings. The van der Waals surface area contributed by atoms with Gasteiger partial charge in [0.15, 0.2) is 0 Å². The van der Waals surface area contributed by atoms with Gasteiger partial charge in [-0.1, -0.05) is 30.3 Å². The highest BCUT2D eigenvalue weighted by molar-refractivity contribution is 7.86. The summed E-state index contributed by atoms with van der Waals surface area (Å²) in [6, 6.07) is 9.33. The molecule has 0 fully saturated rings. The van der Waals surface area contributed by atoms with E-state index in [1.54, 1.807) is 18.2 Å². The number of fused-ring (bicyclic) bond motifs is 3. The van der Waals surface area contributed by atoms with E-state index in [-0.39, 0.29) is 16.2 Å². The van der Waals surface area contributed by atoms with Crippen LogP contribution in [0.1, 0.15) is 0 Å². The number of benzene rings is 3. The van der Waals surface area contributed by atoms with Crippen LogP contribution in [0.3, 0.4) is 0 Å². The molecule has 0 saturated heterocycles. The van der Waals surface area contributed by atoms with E-state index < -0.39 is 35.8 Å². The zero-order valence-electron chi connectivity index (χ0n) is 11.3. The third kappa shape index (κ3) is 2.53. The molecule has 3 aromatic carbocycles. The average molecular weight is 354 g/mol. The predicted octanol–water partition coefficient (Wildman–Crippen LogP) is 2.19. The fraction of sp³-hybridized carbons (Fsp3) is 0. The number of aromatic hydroxyl groups is 1. The van der Waals surface area contributed by atoms with Crippen LogP contribution >= 0.6 is 0 Å². The lowest BCUT2D eigenvalue weighted by Crippen LogP contribution is -2.02. The van der Waals surface area contributed by atoms with E-state index in [1.165, 1.54) is 6.07 Å². The van der Waals surface area contributed by atoms with E-state index in [2.05, 4.69) is 0 Å². The van der Waals surface area contributed by atoms with E-state index >= 15 is 0 Å². The van der Waals surface area contributed by atoms with Gasteiger partial charge in [-0.15, -0.1) is 0 Å². The smallest absolute Gasteiger partial charge is 0.298 e. The van der Waals surface area contributed by atoms with Gasteiger partial charge in [-0.25, -0.2) is 0 Å². The van der Waals surface area contributed by atoms with Gasteiger partial charge in [-0.05, 0) is 22.9 Å². The van der Waals surface area contributed by atoms with Gasteiger partial charge < -0.3 is 5.11 Å². The molecular formula is C14H10O7S2. The van der Waals surface area contributed by atoms with Crippen LogP contribution in [0.15, 0.2) is 52.3 Å². The SMILES string of the molecule is O=S(=O)(O)c1ccc2c(S(=O)(=O)O)c(O)c3ccccc3c2c1. The second-order valence-electron chi connectivity index (χ2n) is 4.88. The Labute approximate surface area is 131 Å². The van der Waals surface area contributed by atoms with Crippen molar-refractivity contribution in [2.75, 3.05) is 0 Å². The number of phenolic OH excluding ortho intramolecular Hbond substituents is 1. The first-order valence-corrected chi connectivity index (χ1v) is 9.11. The maximum Gasteiger partial charge on any atom is 0.298 e. The van der Waals surface area contributed by atoms with Crippen molar-refractivity contribution in [3.05, 3.63) is 42.5 Å². The highest BCUT2D eigenvalue weighted by Crippen LogP contribution is 2.40. The Morgan fingerprint density at radius 2 is 1.30 bits per heavy atom. The largest absolute Gasteiger partial charge is 0.506 e. The fourth-order valence-corrected chi connectivity index (χ4v) is 3.86. The summed E-state index contributed by atoms with van der Waals surface area (Å²) in [5.41, 5.74) is 0. The van der Waals surface area contributed by atoms with Crippen molar-refractivity contribution >= 4 is 41.8 Å². The van der Waals surface area contributed by atoms with Gasteiger partial charge in [-0.2, -0.15) is 16.8 Å². The van der Waals surface area contributed by atoms with E-state index in [0.29, 0.717) is 5.39 Å².